The van der Waals surface area contributed by atoms with Crippen molar-refractivity contribution in [3.8, 4) is 27.3 Å². The average molecular weight is 359 g/mol. The summed E-state index contributed by atoms with van der Waals surface area (Å²) in [5, 5.41) is 0. The Balaban J connectivity index is 1.83. The van der Waals surface area contributed by atoms with Crippen molar-refractivity contribution in [1.82, 2.24) is 0 Å². The molecule has 0 atom stereocenters. The number of ether oxygens (including phenoxy) is 1. The predicted octanol–water partition coefficient (Wildman–Crippen LogP) is 6.24. The number of hydrogen-bond donors (Lipinski definition) is 0. The van der Waals surface area contributed by atoms with Crippen LogP contribution in [0.25, 0.3) is 21.6 Å². The van der Waals surface area contributed by atoms with E-state index >= 15 is 0 Å². The highest BCUT2D eigenvalue weighted by Crippen LogP contribution is 2.32. The standard InChI is InChI=1S/C18H15BrOS/c1-2-20-16-9-7-14(8-10-16)13-3-5-15(6-4-13)17-11-12-18(19)21-17/h3-12H,2H2,1H3. The van der Waals surface area contributed by atoms with E-state index in [-0.39, 0.29) is 0 Å². The molecule has 0 radical (unpaired) electrons. The molecular formula is C18H15BrOS. The quantitative estimate of drug-likeness (QED) is 0.535. The van der Waals surface area contributed by atoms with Crippen molar-refractivity contribution in [3.05, 3.63) is 64.5 Å². The van der Waals surface area contributed by atoms with Crippen LogP contribution in [-0.4, -0.2) is 6.61 Å². The van der Waals surface area contributed by atoms with E-state index in [1.54, 1.807) is 11.3 Å². The van der Waals surface area contributed by atoms with Crippen LogP contribution in [-0.2, 0) is 0 Å². The first-order chi connectivity index (χ1) is 10.3. The molecule has 21 heavy (non-hydrogen) atoms. The first kappa shape index (κ1) is 14.4. The lowest BCUT2D eigenvalue weighted by Gasteiger charge is -2.06. The molecule has 0 saturated heterocycles. The SMILES string of the molecule is CCOc1ccc(-c2ccc(-c3ccc(Br)s3)cc2)cc1. The van der Waals surface area contributed by atoms with Crippen molar-refractivity contribution >= 4 is 27.3 Å². The molecule has 0 aliphatic rings. The Kier molecular flexibility index (Phi) is 4.42. The summed E-state index contributed by atoms with van der Waals surface area (Å²) in [6.45, 7) is 2.69. The van der Waals surface area contributed by atoms with E-state index < -0.39 is 0 Å². The van der Waals surface area contributed by atoms with Gasteiger partial charge >= 0.3 is 0 Å². The van der Waals surface area contributed by atoms with Crippen LogP contribution in [0.3, 0.4) is 0 Å². The Morgan fingerprint density at radius 3 is 1.90 bits per heavy atom. The van der Waals surface area contributed by atoms with E-state index in [0.29, 0.717) is 6.61 Å². The summed E-state index contributed by atoms with van der Waals surface area (Å²) in [6, 6.07) is 21.1. The van der Waals surface area contributed by atoms with Gasteiger partial charge in [-0.3, -0.25) is 0 Å². The maximum atomic E-state index is 5.47. The van der Waals surface area contributed by atoms with E-state index in [0.717, 1.165) is 9.54 Å². The minimum absolute atomic E-state index is 0.699. The molecule has 0 fully saturated rings. The third kappa shape index (κ3) is 3.36. The first-order valence-corrected chi connectivity index (χ1v) is 8.46. The number of halogens is 1. The molecule has 0 N–H and O–H groups in total. The molecule has 0 bridgehead atoms. The Labute approximate surface area is 137 Å². The molecule has 0 unspecified atom stereocenters. The first-order valence-electron chi connectivity index (χ1n) is 6.85. The lowest BCUT2D eigenvalue weighted by molar-refractivity contribution is 0.340. The molecule has 1 aromatic heterocycles. The van der Waals surface area contributed by atoms with Crippen molar-refractivity contribution in [2.24, 2.45) is 0 Å². The lowest BCUT2D eigenvalue weighted by atomic mass is 10.0. The van der Waals surface area contributed by atoms with Crippen LogP contribution in [0.2, 0.25) is 0 Å². The number of benzene rings is 2. The van der Waals surface area contributed by atoms with Gasteiger partial charge in [0.15, 0.2) is 0 Å². The van der Waals surface area contributed by atoms with Gasteiger partial charge in [-0.25, -0.2) is 0 Å². The molecule has 1 heterocycles. The van der Waals surface area contributed by atoms with Gasteiger partial charge in [0.2, 0.25) is 0 Å². The van der Waals surface area contributed by atoms with Crippen LogP contribution in [0, 0.1) is 0 Å². The molecule has 3 heteroatoms. The summed E-state index contributed by atoms with van der Waals surface area (Å²) in [7, 11) is 0. The monoisotopic (exact) mass is 358 g/mol. The van der Waals surface area contributed by atoms with Gasteiger partial charge in [-0.05, 0) is 63.8 Å². The minimum atomic E-state index is 0.699. The second kappa shape index (κ2) is 6.46. The lowest BCUT2D eigenvalue weighted by Crippen LogP contribution is -1.90. The van der Waals surface area contributed by atoms with Crippen molar-refractivity contribution in [2.45, 2.75) is 6.92 Å². The highest BCUT2D eigenvalue weighted by Gasteiger charge is 2.03. The summed E-state index contributed by atoms with van der Waals surface area (Å²) >= 11 is 5.26. The Bertz CT molecular complexity index is 714. The third-order valence-electron chi connectivity index (χ3n) is 3.24. The van der Waals surface area contributed by atoms with E-state index in [2.05, 4.69) is 64.5 Å². The molecule has 3 rings (SSSR count). The highest BCUT2D eigenvalue weighted by atomic mass is 79.9. The van der Waals surface area contributed by atoms with Gasteiger partial charge in [0.1, 0.15) is 5.75 Å². The molecule has 0 amide bonds. The van der Waals surface area contributed by atoms with Gasteiger partial charge in [0, 0.05) is 4.88 Å². The Morgan fingerprint density at radius 1 is 0.810 bits per heavy atom. The Morgan fingerprint density at radius 2 is 1.38 bits per heavy atom. The van der Waals surface area contributed by atoms with Gasteiger partial charge in [-0.1, -0.05) is 36.4 Å². The molecule has 3 aromatic rings. The van der Waals surface area contributed by atoms with Crippen LogP contribution in [0.5, 0.6) is 5.75 Å². The zero-order valence-corrected chi connectivity index (χ0v) is 14.1. The maximum Gasteiger partial charge on any atom is 0.119 e. The van der Waals surface area contributed by atoms with Crippen molar-refractivity contribution in [2.75, 3.05) is 6.61 Å². The fourth-order valence-corrected chi connectivity index (χ4v) is 3.60. The van der Waals surface area contributed by atoms with Crippen molar-refractivity contribution in [1.29, 1.82) is 0 Å². The maximum absolute atomic E-state index is 5.47. The summed E-state index contributed by atoms with van der Waals surface area (Å²) in [5.41, 5.74) is 3.68. The largest absolute Gasteiger partial charge is 0.494 e. The smallest absolute Gasteiger partial charge is 0.119 e. The number of rotatable bonds is 4. The van der Waals surface area contributed by atoms with Crippen LogP contribution >= 0.6 is 27.3 Å². The average Bonchev–Trinajstić information content (AvgIpc) is 2.95. The number of thiophene rings is 1. The van der Waals surface area contributed by atoms with Gasteiger partial charge < -0.3 is 4.74 Å². The zero-order chi connectivity index (χ0) is 14.7. The van der Waals surface area contributed by atoms with Crippen LogP contribution < -0.4 is 4.74 Å². The molecular weight excluding hydrogens is 344 g/mol. The fraction of sp³-hybridized carbons (Fsp3) is 0.111. The molecule has 0 spiro atoms. The molecule has 0 aliphatic heterocycles. The topological polar surface area (TPSA) is 9.23 Å². The van der Waals surface area contributed by atoms with Gasteiger partial charge in [-0.2, -0.15) is 0 Å². The normalized spacial score (nSPS) is 10.6. The number of hydrogen-bond acceptors (Lipinski definition) is 2. The molecule has 0 aliphatic carbocycles. The summed E-state index contributed by atoms with van der Waals surface area (Å²) in [4.78, 5) is 1.28. The zero-order valence-electron chi connectivity index (χ0n) is 11.7. The van der Waals surface area contributed by atoms with Crippen LogP contribution in [0.15, 0.2) is 64.5 Å². The van der Waals surface area contributed by atoms with Crippen LogP contribution in [0.4, 0.5) is 0 Å². The Hall–Kier alpha value is -1.58. The predicted molar refractivity (Wildman–Crippen MR) is 94.1 cm³/mol. The molecule has 0 saturated carbocycles. The van der Waals surface area contributed by atoms with Gasteiger partial charge in [-0.15, -0.1) is 11.3 Å². The highest BCUT2D eigenvalue weighted by molar-refractivity contribution is 9.11. The van der Waals surface area contributed by atoms with Crippen LogP contribution in [0.1, 0.15) is 6.92 Å². The minimum Gasteiger partial charge on any atom is -0.494 e. The third-order valence-corrected chi connectivity index (χ3v) is 4.91. The molecule has 2 aromatic carbocycles. The fourth-order valence-electron chi connectivity index (χ4n) is 2.21. The van der Waals surface area contributed by atoms with Gasteiger partial charge in [0.25, 0.3) is 0 Å². The molecule has 1 nitrogen and oxygen atoms in total. The van der Waals surface area contributed by atoms with E-state index in [1.165, 1.54) is 21.6 Å². The second-order valence-electron chi connectivity index (χ2n) is 4.64. The van der Waals surface area contributed by atoms with Crippen molar-refractivity contribution < 1.29 is 4.74 Å². The van der Waals surface area contributed by atoms with Crippen molar-refractivity contribution in [3.63, 3.8) is 0 Å². The van der Waals surface area contributed by atoms with E-state index in [9.17, 15) is 0 Å². The summed E-state index contributed by atoms with van der Waals surface area (Å²) in [6.07, 6.45) is 0. The van der Waals surface area contributed by atoms with E-state index in [4.69, 9.17) is 4.74 Å². The summed E-state index contributed by atoms with van der Waals surface area (Å²) in [5.74, 6) is 0.918. The second-order valence-corrected chi connectivity index (χ2v) is 7.10. The summed E-state index contributed by atoms with van der Waals surface area (Å²) < 4.78 is 6.63. The van der Waals surface area contributed by atoms with Gasteiger partial charge in [0.05, 0.1) is 10.4 Å². The van der Waals surface area contributed by atoms with E-state index in [1.807, 2.05) is 19.1 Å². The molecule has 106 valence electrons.